The predicted molar refractivity (Wildman–Crippen MR) is 81.9 cm³/mol. The lowest BCUT2D eigenvalue weighted by Gasteiger charge is -2.37. The highest BCUT2D eigenvalue weighted by atomic mass is 35.5. The summed E-state index contributed by atoms with van der Waals surface area (Å²) < 4.78 is 5.34. The molecule has 0 spiro atoms. The van der Waals surface area contributed by atoms with Gasteiger partial charge in [-0.2, -0.15) is 4.98 Å². The van der Waals surface area contributed by atoms with Gasteiger partial charge in [-0.3, -0.25) is 4.90 Å². The van der Waals surface area contributed by atoms with E-state index in [-0.39, 0.29) is 17.8 Å². The van der Waals surface area contributed by atoms with Crippen molar-refractivity contribution in [2.45, 2.75) is 58.5 Å². The van der Waals surface area contributed by atoms with Crippen LogP contribution in [0.2, 0.25) is 0 Å². The molecule has 0 bridgehead atoms. The van der Waals surface area contributed by atoms with Crippen molar-refractivity contribution in [1.29, 1.82) is 0 Å². The summed E-state index contributed by atoms with van der Waals surface area (Å²) in [4.78, 5) is 6.89. The minimum absolute atomic E-state index is 0. The molecule has 0 amide bonds. The number of halogens is 1. The van der Waals surface area contributed by atoms with Gasteiger partial charge >= 0.3 is 0 Å². The lowest BCUT2D eigenvalue weighted by molar-refractivity contribution is 0.111. The van der Waals surface area contributed by atoms with Gasteiger partial charge in [0.1, 0.15) is 0 Å². The zero-order chi connectivity index (χ0) is 14.0. The van der Waals surface area contributed by atoms with Crippen molar-refractivity contribution in [1.82, 2.24) is 15.0 Å². The van der Waals surface area contributed by atoms with Crippen LogP contribution < -0.4 is 5.73 Å². The van der Waals surface area contributed by atoms with Crippen LogP contribution in [0.3, 0.4) is 0 Å². The molecule has 1 aliphatic rings. The van der Waals surface area contributed by atoms with Gasteiger partial charge in [0.15, 0.2) is 5.82 Å². The largest absolute Gasteiger partial charge is 0.339 e. The second-order valence-corrected chi connectivity index (χ2v) is 6.76. The molecule has 1 fully saturated rings. The van der Waals surface area contributed by atoms with Gasteiger partial charge in [-0.05, 0) is 25.3 Å². The zero-order valence-electron chi connectivity index (χ0n) is 12.9. The quantitative estimate of drug-likeness (QED) is 0.928. The molecule has 2 rings (SSSR count). The molecule has 2 heterocycles. The van der Waals surface area contributed by atoms with Crippen molar-refractivity contribution in [2.75, 3.05) is 13.1 Å². The van der Waals surface area contributed by atoms with Crippen molar-refractivity contribution < 1.29 is 4.52 Å². The van der Waals surface area contributed by atoms with Crippen LogP contribution >= 0.6 is 12.4 Å². The fourth-order valence-electron chi connectivity index (χ4n) is 2.56. The van der Waals surface area contributed by atoms with E-state index in [0.717, 1.165) is 24.8 Å². The van der Waals surface area contributed by atoms with Crippen LogP contribution in [0.5, 0.6) is 0 Å². The van der Waals surface area contributed by atoms with E-state index in [1.807, 2.05) is 0 Å². The van der Waals surface area contributed by atoms with Crippen LogP contribution in [0.15, 0.2) is 4.52 Å². The summed E-state index contributed by atoms with van der Waals surface area (Å²) in [6.45, 7) is 11.1. The Kier molecular flexibility index (Phi) is 5.98. The molecule has 20 heavy (non-hydrogen) atoms. The normalized spacial score (nSPS) is 24.4. The Morgan fingerprint density at radius 1 is 1.40 bits per heavy atom. The second kappa shape index (κ2) is 6.87. The van der Waals surface area contributed by atoms with Crippen LogP contribution in [-0.2, 0) is 12.0 Å². The number of nitrogens with two attached hydrogens (primary N) is 1. The molecule has 2 unspecified atom stereocenters. The maximum Gasteiger partial charge on any atom is 0.232 e. The van der Waals surface area contributed by atoms with E-state index in [9.17, 15) is 0 Å². The summed E-state index contributed by atoms with van der Waals surface area (Å²) >= 11 is 0. The third-order valence-electron chi connectivity index (χ3n) is 3.83. The maximum absolute atomic E-state index is 5.88. The highest BCUT2D eigenvalue weighted by Crippen LogP contribution is 2.24. The number of likely N-dealkylation sites (tertiary alicyclic amines) is 1. The van der Waals surface area contributed by atoms with Crippen LogP contribution in [0, 0.1) is 5.92 Å². The first-order valence-electron chi connectivity index (χ1n) is 7.17. The van der Waals surface area contributed by atoms with Crippen molar-refractivity contribution in [3.05, 3.63) is 11.7 Å². The first-order valence-corrected chi connectivity index (χ1v) is 7.17. The standard InChI is InChI=1S/C14H26N4O.ClH/c1-10-5-6-18(11(7-10)8-15)9-12-16-13(19-17-12)14(2,3)4;/h10-11H,5-9,15H2,1-4H3;1H. The van der Waals surface area contributed by atoms with E-state index in [1.165, 1.54) is 12.8 Å². The SMILES string of the molecule is CC1CCN(Cc2noc(C(C)(C)C)n2)C(CN)C1.Cl. The summed E-state index contributed by atoms with van der Waals surface area (Å²) in [7, 11) is 0. The number of piperidine rings is 1. The number of aromatic nitrogens is 2. The molecule has 0 aromatic carbocycles. The Morgan fingerprint density at radius 2 is 2.10 bits per heavy atom. The topological polar surface area (TPSA) is 68.2 Å². The Morgan fingerprint density at radius 3 is 2.65 bits per heavy atom. The van der Waals surface area contributed by atoms with Crippen molar-refractivity contribution in [2.24, 2.45) is 11.7 Å². The van der Waals surface area contributed by atoms with Crippen molar-refractivity contribution in [3.63, 3.8) is 0 Å². The van der Waals surface area contributed by atoms with E-state index in [4.69, 9.17) is 10.3 Å². The average Bonchev–Trinajstić information content (AvgIpc) is 2.79. The van der Waals surface area contributed by atoms with Crippen LogP contribution in [0.1, 0.15) is 52.3 Å². The zero-order valence-corrected chi connectivity index (χ0v) is 13.7. The molecular formula is C14H27ClN4O. The molecule has 1 aliphatic heterocycles. The van der Waals surface area contributed by atoms with E-state index in [2.05, 4.69) is 42.7 Å². The molecule has 6 heteroatoms. The lowest BCUT2D eigenvalue weighted by Crippen LogP contribution is -2.45. The molecule has 0 saturated carbocycles. The van der Waals surface area contributed by atoms with Gasteiger partial charge < -0.3 is 10.3 Å². The summed E-state index contributed by atoms with van der Waals surface area (Å²) in [5, 5.41) is 4.10. The van der Waals surface area contributed by atoms with Gasteiger partial charge in [-0.25, -0.2) is 0 Å². The highest BCUT2D eigenvalue weighted by Gasteiger charge is 2.27. The number of hydrogen-bond acceptors (Lipinski definition) is 5. The third-order valence-corrected chi connectivity index (χ3v) is 3.83. The number of rotatable bonds is 3. The van der Waals surface area contributed by atoms with Gasteiger partial charge in [-0.1, -0.05) is 32.9 Å². The molecule has 0 aliphatic carbocycles. The maximum atomic E-state index is 5.88. The number of hydrogen-bond donors (Lipinski definition) is 1. The average molecular weight is 303 g/mol. The van der Waals surface area contributed by atoms with Crippen LogP contribution in [0.4, 0.5) is 0 Å². The molecule has 2 atom stereocenters. The Bertz CT molecular complexity index is 416. The van der Waals surface area contributed by atoms with Crippen LogP contribution in [-0.4, -0.2) is 34.2 Å². The molecule has 5 nitrogen and oxygen atoms in total. The van der Waals surface area contributed by atoms with Gasteiger partial charge in [0.25, 0.3) is 0 Å². The lowest BCUT2D eigenvalue weighted by atomic mass is 9.92. The Hall–Kier alpha value is -0.650. The fraction of sp³-hybridized carbons (Fsp3) is 0.857. The highest BCUT2D eigenvalue weighted by molar-refractivity contribution is 5.85. The molecule has 0 radical (unpaired) electrons. The molecule has 1 saturated heterocycles. The number of nitrogens with zero attached hydrogens (tertiary/aromatic N) is 3. The first kappa shape index (κ1) is 17.4. The Labute approximate surface area is 127 Å². The molecule has 1 aromatic heterocycles. The summed E-state index contributed by atoms with van der Waals surface area (Å²) in [6, 6.07) is 0.445. The van der Waals surface area contributed by atoms with E-state index in [1.54, 1.807) is 0 Å². The van der Waals surface area contributed by atoms with Crippen LogP contribution in [0.25, 0.3) is 0 Å². The summed E-state index contributed by atoms with van der Waals surface area (Å²) in [5.74, 6) is 2.25. The van der Waals surface area contributed by atoms with Crippen molar-refractivity contribution >= 4 is 12.4 Å². The van der Waals surface area contributed by atoms with Gasteiger partial charge in [0.05, 0.1) is 6.54 Å². The van der Waals surface area contributed by atoms with E-state index < -0.39 is 0 Å². The molecule has 1 aromatic rings. The molecule has 116 valence electrons. The van der Waals surface area contributed by atoms with Crippen molar-refractivity contribution in [3.8, 4) is 0 Å². The van der Waals surface area contributed by atoms with E-state index >= 15 is 0 Å². The fourth-order valence-corrected chi connectivity index (χ4v) is 2.56. The van der Waals surface area contributed by atoms with Gasteiger partial charge in [-0.15, -0.1) is 12.4 Å². The second-order valence-electron chi connectivity index (χ2n) is 6.76. The third kappa shape index (κ3) is 4.17. The summed E-state index contributed by atoms with van der Waals surface area (Å²) in [5.41, 5.74) is 5.79. The van der Waals surface area contributed by atoms with E-state index in [0.29, 0.717) is 18.5 Å². The van der Waals surface area contributed by atoms with Gasteiger partial charge in [0, 0.05) is 18.0 Å². The molecule has 2 N–H and O–H groups in total. The smallest absolute Gasteiger partial charge is 0.232 e. The minimum Gasteiger partial charge on any atom is -0.339 e. The minimum atomic E-state index is -0.0884. The van der Waals surface area contributed by atoms with Gasteiger partial charge in [0.2, 0.25) is 5.89 Å². The Balaban J connectivity index is 0.00000200. The monoisotopic (exact) mass is 302 g/mol. The first-order chi connectivity index (χ1) is 8.90. The molecular weight excluding hydrogens is 276 g/mol. The predicted octanol–water partition coefficient (Wildman–Crippen LogP) is 2.35. The summed E-state index contributed by atoms with van der Waals surface area (Å²) in [6.07, 6.45) is 2.39.